The molecule has 0 amide bonds. The molecular weight excluding hydrogens is 256 g/mol. The first-order chi connectivity index (χ1) is 9.65. The van der Waals surface area contributed by atoms with E-state index >= 15 is 0 Å². The molecule has 0 radical (unpaired) electrons. The minimum atomic E-state index is -0.787. The van der Waals surface area contributed by atoms with E-state index < -0.39 is 5.97 Å². The Hall–Kier alpha value is -0.610. The number of hydrogen-bond acceptors (Lipinski definition) is 3. The highest BCUT2D eigenvalue weighted by Crippen LogP contribution is 2.26. The fourth-order valence-corrected chi connectivity index (χ4v) is 2.72. The standard InChI is InChI=1S/C16H30O4/c1-3-5-6-7-8-9-10-13-11-14(12-15(17)18)20-16(4-2)19-13/h13-14,16H,3-12H2,1-2H3,(H,17,18)/t13-,14-,16-/m0/s1. The van der Waals surface area contributed by atoms with Crippen molar-refractivity contribution in [2.75, 3.05) is 0 Å². The predicted molar refractivity (Wildman–Crippen MR) is 78.7 cm³/mol. The first kappa shape index (κ1) is 17.4. The second-order valence-corrected chi connectivity index (χ2v) is 5.74. The Balaban J connectivity index is 2.23. The molecule has 4 heteroatoms. The van der Waals surface area contributed by atoms with Crippen LogP contribution in [0, 0.1) is 0 Å². The minimum Gasteiger partial charge on any atom is -0.481 e. The lowest BCUT2D eigenvalue weighted by molar-refractivity contribution is -0.245. The lowest BCUT2D eigenvalue weighted by Gasteiger charge is -2.35. The molecule has 0 aromatic heterocycles. The van der Waals surface area contributed by atoms with Crippen LogP contribution in [0.4, 0.5) is 0 Å². The van der Waals surface area contributed by atoms with Crippen molar-refractivity contribution in [1.29, 1.82) is 0 Å². The highest BCUT2D eigenvalue weighted by Gasteiger charge is 2.30. The summed E-state index contributed by atoms with van der Waals surface area (Å²) < 4.78 is 11.5. The van der Waals surface area contributed by atoms with Crippen molar-refractivity contribution in [2.24, 2.45) is 0 Å². The Bertz CT molecular complexity index is 267. The van der Waals surface area contributed by atoms with Gasteiger partial charge >= 0.3 is 5.97 Å². The summed E-state index contributed by atoms with van der Waals surface area (Å²) in [7, 11) is 0. The van der Waals surface area contributed by atoms with Gasteiger partial charge in [0, 0.05) is 6.42 Å². The van der Waals surface area contributed by atoms with Crippen molar-refractivity contribution in [1.82, 2.24) is 0 Å². The molecule has 0 aromatic rings. The van der Waals surface area contributed by atoms with Crippen LogP contribution in [0.2, 0.25) is 0 Å². The van der Waals surface area contributed by atoms with E-state index in [0.29, 0.717) is 0 Å². The number of rotatable bonds is 10. The lowest BCUT2D eigenvalue weighted by atomic mass is 10.0. The molecule has 4 nitrogen and oxygen atoms in total. The summed E-state index contributed by atoms with van der Waals surface area (Å²) in [6, 6.07) is 0. The quantitative estimate of drug-likeness (QED) is 0.614. The maximum absolute atomic E-state index is 10.8. The van der Waals surface area contributed by atoms with E-state index in [2.05, 4.69) is 6.92 Å². The summed E-state index contributed by atoms with van der Waals surface area (Å²) >= 11 is 0. The second-order valence-electron chi connectivity index (χ2n) is 5.74. The number of aliphatic carboxylic acids is 1. The van der Waals surface area contributed by atoms with E-state index in [4.69, 9.17) is 14.6 Å². The predicted octanol–water partition coefficient (Wildman–Crippen LogP) is 4.12. The molecule has 1 rings (SSSR count). The number of hydrogen-bond donors (Lipinski definition) is 1. The molecule has 118 valence electrons. The van der Waals surface area contributed by atoms with Gasteiger partial charge in [0.2, 0.25) is 0 Å². The van der Waals surface area contributed by atoms with Crippen molar-refractivity contribution in [2.45, 2.75) is 96.6 Å². The summed E-state index contributed by atoms with van der Waals surface area (Å²) in [6.45, 7) is 4.24. The van der Waals surface area contributed by atoms with Gasteiger partial charge in [0.25, 0.3) is 0 Å². The third-order valence-corrected chi connectivity index (χ3v) is 3.83. The average molecular weight is 286 g/mol. The molecule has 0 saturated carbocycles. The van der Waals surface area contributed by atoms with E-state index in [0.717, 1.165) is 19.3 Å². The SMILES string of the molecule is CCCCCCCC[C@H]1C[C@@H](CC(=O)O)O[C@@H](CC)O1. The van der Waals surface area contributed by atoms with Crippen molar-refractivity contribution >= 4 is 5.97 Å². The van der Waals surface area contributed by atoms with Crippen molar-refractivity contribution in [3.63, 3.8) is 0 Å². The molecule has 0 spiro atoms. The monoisotopic (exact) mass is 286 g/mol. The smallest absolute Gasteiger partial charge is 0.305 e. The molecule has 1 N–H and O–H groups in total. The van der Waals surface area contributed by atoms with Gasteiger partial charge in [0.1, 0.15) is 0 Å². The van der Waals surface area contributed by atoms with Crippen LogP contribution in [0.15, 0.2) is 0 Å². The van der Waals surface area contributed by atoms with Gasteiger partial charge in [-0.3, -0.25) is 4.79 Å². The van der Waals surface area contributed by atoms with Gasteiger partial charge in [0.05, 0.1) is 18.6 Å². The van der Waals surface area contributed by atoms with Gasteiger partial charge in [-0.25, -0.2) is 0 Å². The van der Waals surface area contributed by atoms with Gasteiger partial charge in [-0.15, -0.1) is 0 Å². The van der Waals surface area contributed by atoms with Gasteiger partial charge in [-0.05, 0) is 12.8 Å². The summed E-state index contributed by atoms with van der Waals surface area (Å²) in [6.07, 6.45) is 10.0. The van der Waals surface area contributed by atoms with Crippen LogP contribution in [0.5, 0.6) is 0 Å². The highest BCUT2D eigenvalue weighted by molar-refractivity contribution is 5.67. The first-order valence-corrected chi connectivity index (χ1v) is 8.18. The molecule has 1 heterocycles. The van der Waals surface area contributed by atoms with E-state index in [-0.39, 0.29) is 24.9 Å². The molecule has 1 aliphatic rings. The third-order valence-electron chi connectivity index (χ3n) is 3.83. The van der Waals surface area contributed by atoms with Crippen molar-refractivity contribution in [3.05, 3.63) is 0 Å². The molecule has 0 aromatic carbocycles. The van der Waals surface area contributed by atoms with Gasteiger partial charge < -0.3 is 14.6 Å². The first-order valence-electron chi connectivity index (χ1n) is 8.18. The second kappa shape index (κ2) is 10.2. The Morgan fingerprint density at radius 3 is 2.35 bits per heavy atom. The molecule has 0 unspecified atom stereocenters. The maximum Gasteiger partial charge on any atom is 0.305 e. The minimum absolute atomic E-state index is 0.0901. The van der Waals surface area contributed by atoms with Gasteiger partial charge in [0.15, 0.2) is 6.29 Å². The Kier molecular flexibility index (Phi) is 8.86. The van der Waals surface area contributed by atoms with Crippen molar-refractivity contribution < 1.29 is 19.4 Å². The number of ether oxygens (including phenoxy) is 2. The molecule has 1 saturated heterocycles. The molecule has 1 aliphatic heterocycles. The van der Waals surface area contributed by atoms with Crippen LogP contribution in [-0.2, 0) is 14.3 Å². The van der Waals surface area contributed by atoms with Gasteiger partial charge in [-0.1, -0.05) is 52.4 Å². The average Bonchev–Trinajstić information content (AvgIpc) is 2.41. The zero-order chi connectivity index (χ0) is 14.8. The topological polar surface area (TPSA) is 55.8 Å². The largest absolute Gasteiger partial charge is 0.481 e. The van der Waals surface area contributed by atoms with E-state index in [1.54, 1.807) is 0 Å². The molecule has 20 heavy (non-hydrogen) atoms. The third kappa shape index (κ3) is 7.25. The van der Waals surface area contributed by atoms with Gasteiger partial charge in [-0.2, -0.15) is 0 Å². The number of carbonyl (C=O) groups is 1. The Morgan fingerprint density at radius 1 is 1.05 bits per heavy atom. The molecule has 3 atom stereocenters. The van der Waals surface area contributed by atoms with Crippen LogP contribution in [0.25, 0.3) is 0 Å². The molecule has 0 aliphatic carbocycles. The summed E-state index contributed by atoms with van der Waals surface area (Å²) in [5.74, 6) is -0.787. The number of unbranched alkanes of at least 4 members (excludes halogenated alkanes) is 5. The van der Waals surface area contributed by atoms with Crippen LogP contribution in [0.3, 0.4) is 0 Å². The molecular formula is C16H30O4. The fraction of sp³-hybridized carbons (Fsp3) is 0.938. The highest BCUT2D eigenvalue weighted by atomic mass is 16.7. The van der Waals surface area contributed by atoms with Crippen LogP contribution >= 0.6 is 0 Å². The fourth-order valence-electron chi connectivity index (χ4n) is 2.72. The van der Waals surface area contributed by atoms with E-state index in [1.165, 1.54) is 38.5 Å². The summed E-state index contributed by atoms with van der Waals surface area (Å²) in [4.78, 5) is 10.8. The lowest BCUT2D eigenvalue weighted by Crippen LogP contribution is -2.38. The number of carboxylic acids is 1. The zero-order valence-electron chi connectivity index (χ0n) is 13.0. The zero-order valence-corrected chi connectivity index (χ0v) is 13.0. The van der Waals surface area contributed by atoms with Crippen molar-refractivity contribution in [3.8, 4) is 0 Å². The summed E-state index contributed by atoms with van der Waals surface area (Å²) in [5, 5.41) is 8.89. The Morgan fingerprint density at radius 2 is 1.70 bits per heavy atom. The van der Waals surface area contributed by atoms with Crippen LogP contribution < -0.4 is 0 Å². The molecule has 0 bridgehead atoms. The summed E-state index contributed by atoms with van der Waals surface area (Å²) in [5.41, 5.74) is 0. The van der Waals surface area contributed by atoms with E-state index in [1.807, 2.05) is 6.92 Å². The Labute approximate surface area is 122 Å². The molecule has 1 fully saturated rings. The normalized spacial score (nSPS) is 26.6. The van der Waals surface area contributed by atoms with E-state index in [9.17, 15) is 4.79 Å². The van der Waals surface area contributed by atoms with Crippen LogP contribution in [-0.4, -0.2) is 29.6 Å². The van der Waals surface area contributed by atoms with Crippen LogP contribution in [0.1, 0.15) is 78.1 Å². The number of carboxylic acid groups (broad SMARTS) is 1. The maximum atomic E-state index is 10.8.